The van der Waals surface area contributed by atoms with E-state index in [-0.39, 0.29) is 4.47 Å². The second-order valence-corrected chi connectivity index (χ2v) is 3.14. The number of hydrogen-bond donors (Lipinski definition) is 1. The molecule has 0 unspecified atom stereocenters. The first-order chi connectivity index (χ1) is 6.43. The third-order valence-electron chi connectivity index (χ3n) is 1.18. The lowest BCUT2D eigenvalue weighted by atomic mass is 10.2. The molecule has 0 radical (unpaired) electrons. The van der Waals surface area contributed by atoms with Gasteiger partial charge >= 0.3 is 6.18 Å². The van der Waals surface area contributed by atoms with Crippen molar-refractivity contribution in [2.24, 2.45) is 0 Å². The van der Waals surface area contributed by atoms with Crippen LogP contribution in [0.2, 0.25) is 0 Å². The predicted molar refractivity (Wildman–Crippen MR) is 54.5 cm³/mol. The monoisotopic (exact) mass is 283 g/mol. The summed E-state index contributed by atoms with van der Waals surface area (Å²) in [5.41, 5.74) is -0.639. The van der Waals surface area contributed by atoms with Crippen LogP contribution in [0.4, 0.5) is 13.2 Å². The molecule has 0 amide bonds. The van der Waals surface area contributed by atoms with Gasteiger partial charge in [0, 0.05) is 4.47 Å². The first-order valence-corrected chi connectivity index (χ1v) is 4.49. The minimum Gasteiger partial charge on any atom is -0.248 e. The molecule has 1 N–H and O–H groups in total. The van der Waals surface area contributed by atoms with Gasteiger partial charge in [0.25, 0.3) is 0 Å². The number of halogens is 4. The maximum absolute atomic E-state index is 12.0. The molecular weight excluding hydrogens is 279 g/mol. The lowest BCUT2D eigenvalue weighted by molar-refractivity contribution is -0.138. The number of thiocarbonyl (C=S) groups is 1. The van der Waals surface area contributed by atoms with E-state index in [4.69, 9.17) is 5.41 Å². The zero-order valence-corrected chi connectivity index (χ0v) is 9.13. The van der Waals surface area contributed by atoms with Crippen LogP contribution in [-0.2, 0) is 6.18 Å². The van der Waals surface area contributed by atoms with Crippen LogP contribution in [0.5, 0.6) is 0 Å². The van der Waals surface area contributed by atoms with Crippen LogP contribution in [0.1, 0.15) is 5.56 Å². The molecule has 14 heavy (non-hydrogen) atoms. The summed E-state index contributed by atoms with van der Waals surface area (Å²) in [5.74, 6) is 0. The maximum atomic E-state index is 12.0. The average molecular weight is 284 g/mol. The molecule has 76 valence electrons. The van der Waals surface area contributed by atoms with Crippen molar-refractivity contribution in [3.8, 4) is 0 Å². The van der Waals surface area contributed by atoms with Crippen molar-refractivity contribution in [3.63, 3.8) is 0 Å². The summed E-state index contributed by atoms with van der Waals surface area (Å²) in [4.78, 5) is 0. The molecule has 0 saturated heterocycles. The molecule has 0 aliphatic carbocycles. The Morgan fingerprint density at radius 2 is 1.71 bits per heavy atom. The van der Waals surface area contributed by atoms with Crippen LogP contribution in [0, 0.1) is 5.41 Å². The van der Waals surface area contributed by atoms with Crippen molar-refractivity contribution in [1.82, 2.24) is 0 Å². The highest BCUT2D eigenvalue weighted by Crippen LogP contribution is 2.34. The fraction of sp³-hybridized carbons (Fsp3) is 0.125. The van der Waals surface area contributed by atoms with Gasteiger partial charge in [0.1, 0.15) is 0 Å². The molecule has 0 aliphatic rings. The van der Waals surface area contributed by atoms with Gasteiger partial charge in [0.15, 0.2) is 0 Å². The molecule has 6 heteroatoms. The molecule has 0 aliphatic heterocycles. The first kappa shape index (κ1) is 13.3. The fourth-order valence-electron chi connectivity index (χ4n) is 0.691. The van der Waals surface area contributed by atoms with Crippen molar-refractivity contribution in [3.05, 3.63) is 34.3 Å². The standard InChI is InChI=1S/C7H4BrF3.CHNS/c8-6-4-2-1-3-5(6)7(9,10)11;2-1-3/h1-4H;2H. The van der Waals surface area contributed by atoms with Crippen LogP contribution in [-0.4, -0.2) is 5.16 Å². The number of benzene rings is 1. The van der Waals surface area contributed by atoms with E-state index in [1.54, 1.807) is 11.2 Å². The highest BCUT2D eigenvalue weighted by molar-refractivity contribution is 9.10. The van der Waals surface area contributed by atoms with Gasteiger partial charge in [-0.25, -0.2) is 5.41 Å². The predicted octanol–water partition coefficient (Wildman–Crippen LogP) is 4.14. The number of nitrogens with one attached hydrogen (secondary N) is 1. The highest BCUT2D eigenvalue weighted by Gasteiger charge is 2.32. The van der Waals surface area contributed by atoms with E-state index in [9.17, 15) is 13.2 Å². The minimum atomic E-state index is -4.26. The van der Waals surface area contributed by atoms with Crippen LogP contribution >= 0.6 is 28.1 Å². The Hall–Kier alpha value is -0.710. The average Bonchev–Trinajstić information content (AvgIpc) is 2.04. The summed E-state index contributed by atoms with van der Waals surface area (Å²) in [7, 11) is 0. The zero-order valence-electron chi connectivity index (χ0n) is 6.73. The summed E-state index contributed by atoms with van der Waals surface area (Å²) in [6.45, 7) is 0. The third-order valence-corrected chi connectivity index (χ3v) is 1.87. The Bertz CT molecular complexity index is 332. The Balaban J connectivity index is 0.000000500. The van der Waals surface area contributed by atoms with Crippen molar-refractivity contribution >= 4 is 33.3 Å². The molecule has 0 spiro atoms. The van der Waals surface area contributed by atoms with Crippen molar-refractivity contribution in [2.45, 2.75) is 6.18 Å². The number of rotatable bonds is 0. The summed E-state index contributed by atoms with van der Waals surface area (Å²) >= 11 is 6.62. The summed E-state index contributed by atoms with van der Waals surface area (Å²) in [6.07, 6.45) is -4.26. The van der Waals surface area contributed by atoms with Gasteiger partial charge in [-0.2, -0.15) is 13.2 Å². The molecule has 1 aromatic rings. The molecule has 0 heterocycles. The third kappa shape index (κ3) is 4.50. The van der Waals surface area contributed by atoms with Crippen molar-refractivity contribution < 1.29 is 13.2 Å². The van der Waals surface area contributed by atoms with Crippen LogP contribution in [0.25, 0.3) is 0 Å². The number of alkyl halides is 3. The van der Waals surface area contributed by atoms with E-state index in [1.807, 2.05) is 0 Å². The second-order valence-electron chi connectivity index (χ2n) is 2.08. The molecule has 0 fully saturated rings. The fourth-order valence-corrected chi connectivity index (χ4v) is 1.20. The van der Waals surface area contributed by atoms with E-state index in [2.05, 4.69) is 28.1 Å². The Kier molecular flexibility index (Phi) is 5.60. The zero-order chi connectivity index (χ0) is 11.2. The number of hydrogen-bond acceptors (Lipinski definition) is 2. The van der Waals surface area contributed by atoms with E-state index in [0.29, 0.717) is 0 Å². The van der Waals surface area contributed by atoms with Gasteiger partial charge in [-0.05, 0) is 24.4 Å². The van der Waals surface area contributed by atoms with Crippen molar-refractivity contribution in [1.29, 1.82) is 5.41 Å². The van der Waals surface area contributed by atoms with Gasteiger partial charge in [0.05, 0.1) is 10.7 Å². The van der Waals surface area contributed by atoms with Gasteiger partial charge < -0.3 is 0 Å². The summed E-state index contributed by atoms with van der Waals surface area (Å²) in [5, 5.41) is 7.36. The quantitative estimate of drug-likeness (QED) is 0.562. The lowest BCUT2D eigenvalue weighted by Crippen LogP contribution is -2.05. The largest absolute Gasteiger partial charge is 0.417 e. The van der Waals surface area contributed by atoms with Crippen LogP contribution in [0.15, 0.2) is 28.7 Å². The topological polar surface area (TPSA) is 23.9 Å². The first-order valence-electron chi connectivity index (χ1n) is 3.29. The van der Waals surface area contributed by atoms with Gasteiger partial charge in [0.2, 0.25) is 0 Å². The van der Waals surface area contributed by atoms with Crippen molar-refractivity contribution in [2.75, 3.05) is 0 Å². The van der Waals surface area contributed by atoms with E-state index >= 15 is 0 Å². The lowest BCUT2D eigenvalue weighted by Gasteiger charge is -2.07. The molecule has 1 rings (SSSR count). The van der Waals surface area contributed by atoms with E-state index in [0.717, 1.165) is 6.07 Å². The second kappa shape index (κ2) is 5.90. The Morgan fingerprint density at radius 3 is 2.00 bits per heavy atom. The normalized spacial score (nSPS) is 9.71. The summed E-state index contributed by atoms with van der Waals surface area (Å²) < 4.78 is 36.1. The molecule has 0 atom stereocenters. The van der Waals surface area contributed by atoms with Gasteiger partial charge in [-0.15, -0.1) is 0 Å². The minimum absolute atomic E-state index is 0.0764. The van der Waals surface area contributed by atoms with Gasteiger partial charge in [-0.3, -0.25) is 0 Å². The highest BCUT2D eigenvalue weighted by atomic mass is 79.9. The van der Waals surface area contributed by atoms with Gasteiger partial charge in [-0.1, -0.05) is 28.1 Å². The Morgan fingerprint density at radius 1 is 1.29 bits per heavy atom. The molecule has 1 nitrogen and oxygen atoms in total. The van der Waals surface area contributed by atoms with Crippen LogP contribution < -0.4 is 0 Å². The molecule has 0 bridgehead atoms. The number of isothiocyanates is 1. The van der Waals surface area contributed by atoms with Crippen LogP contribution in [0.3, 0.4) is 0 Å². The SMILES string of the molecule is FC(F)(F)c1ccccc1Br.N=C=S. The Labute approximate surface area is 92.6 Å². The molecule has 1 aromatic carbocycles. The van der Waals surface area contributed by atoms with E-state index < -0.39 is 11.7 Å². The maximum Gasteiger partial charge on any atom is 0.417 e. The molecule has 0 saturated carbocycles. The molecule has 0 aromatic heterocycles. The van der Waals surface area contributed by atoms with E-state index in [1.165, 1.54) is 12.1 Å². The smallest absolute Gasteiger partial charge is 0.248 e. The summed E-state index contributed by atoms with van der Waals surface area (Å²) in [6, 6.07) is 5.29. The molecular formula is C8H5BrF3NS.